The Labute approximate surface area is 121 Å². The zero-order chi connectivity index (χ0) is 15.1. The summed E-state index contributed by atoms with van der Waals surface area (Å²) in [6, 6.07) is 1.66. The molecule has 2 aliphatic carbocycles. The number of anilines is 1. The fourth-order valence-corrected chi connectivity index (χ4v) is 3.57. The number of halogens is 2. The van der Waals surface area contributed by atoms with Crippen LogP contribution in [0.15, 0.2) is 24.3 Å². The van der Waals surface area contributed by atoms with Crippen LogP contribution in [0.1, 0.15) is 30.1 Å². The lowest BCUT2D eigenvalue weighted by atomic mass is 9.87. The van der Waals surface area contributed by atoms with E-state index >= 15 is 0 Å². The summed E-state index contributed by atoms with van der Waals surface area (Å²) in [6.45, 7) is 1.96. The number of allylic oxidation sites excluding steroid dienone is 2. The molecule has 0 heterocycles. The van der Waals surface area contributed by atoms with Gasteiger partial charge in [-0.2, -0.15) is 0 Å². The molecule has 21 heavy (non-hydrogen) atoms. The van der Waals surface area contributed by atoms with Gasteiger partial charge in [-0.15, -0.1) is 0 Å². The molecule has 3 rings (SSSR count). The SMILES string of the molecule is CC(Nc1cc(C(=O)O)c(F)cc1F)C1CC2C=CC1C2. The second-order valence-electron chi connectivity index (χ2n) is 5.99. The lowest BCUT2D eigenvalue weighted by Gasteiger charge is -2.27. The first-order valence-corrected chi connectivity index (χ1v) is 7.13. The fraction of sp³-hybridized carbons (Fsp3) is 0.438. The number of fused-ring (bicyclic) bond motifs is 2. The Kier molecular flexibility index (Phi) is 3.43. The van der Waals surface area contributed by atoms with Gasteiger partial charge in [-0.05, 0) is 43.6 Å². The average molecular weight is 293 g/mol. The van der Waals surface area contributed by atoms with Crippen LogP contribution >= 0.6 is 0 Å². The smallest absolute Gasteiger partial charge is 0.338 e. The molecule has 4 unspecified atom stereocenters. The highest BCUT2D eigenvalue weighted by molar-refractivity contribution is 5.89. The van der Waals surface area contributed by atoms with Crippen LogP contribution in [0.5, 0.6) is 0 Å². The Morgan fingerprint density at radius 2 is 2.05 bits per heavy atom. The number of rotatable bonds is 4. The van der Waals surface area contributed by atoms with Crippen molar-refractivity contribution in [3.8, 4) is 0 Å². The highest BCUT2D eigenvalue weighted by atomic mass is 19.1. The van der Waals surface area contributed by atoms with Crippen LogP contribution in [-0.4, -0.2) is 17.1 Å². The monoisotopic (exact) mass is 293 g/mol. The summed E-state index contributed by atoms with van der Waals surface area (Å²) in [7, 11) is 0. The van der Waals surface area contributed by atoms with E-state index in [9.17, 15) is 13.6 Å². The first-order chi connectivity index (χ1) is 9.95. The quantitative estimate of drug-likeness (QED) is 0.833. The minimum Gasteiger partial charge on any atom is -0.478 e. The van der Waals surface area contributed by atoms with Gasteiger partial charge in [-0.1, -0.05) is 12.2 Å². The summed E-state index contributed by atoms with van der Waals surface area (Å²) in [4.78, 5) is 10.9. The van der Waals surface area contributed by atoms with Crippen molar-refractivity contribution < 1.29 is 18.7 Å². The maximum Gasteiger partial charge on any atom is 0.338 e. The van der Waals surface area contributed by atoms with Gasteiger partial charge in [0.05, 0.1) is 11.3 Å². The van der Waals surface area contributed by atoms with E-state index in [1.54, 1.807) is 0 Å². The molecular formula is C16H17F2NO2. The van der Waals surface area contributed by atoms with Gasteiger partial charge in [0.2, 0.25) is 0 Å². The highest BCUT2D eigenvalue weighted by Gasteiger charge is 2.38. The second kappa shape index (κ2) is 5.13. The van der Waals surface area contributed by atoms with Crippen molar-refractivity contribution in [3.05, 3.63) is 41.5 Å². The largest absolute Gasteiger partial charge is 0.478 e. The summed E-state index contributed by atoms with van der Waals surface area (Å²) < 4.78 is 27.2. The van der Waals surface area contributed by atoms with Gasteiger partial charge < -0.3 is 10.4 Å². The summed E-state index contributed by atoms with van der Waals surface area (Å²) in [5, 5.41) is 11.9. The van der Waals surface area contributed by atoms with Crippen molar-refractivity contribution in [2.24, 2.45) is 17.8 Å². The summed E-state index contributed by atoms with van der Waals surface area (Å²) in [5.74, 6) is -1.70. The Bertz CT molecular complexity index is 615. The molecule has 0 spiro atoms. The molecule has 0 radical (unpaired) electrons. The predicted octanol–water partition coefficient (Wildman–Crippen LogP) is 3.68. The molecule has 1 aromatic carbocycles. The van der Waals surface area contributed by atoms with Crippen molar-refractivity contribution in [1.29, 1.82) is 0 Å². The van der Waals surface area contributed by atoms with Gasteiger partial charge in [0, 0.05) is 12.1 Å². The van der Waals surface area contributed by atoms with Crippen molar-refractivity contribution in [1.82, 2.24) is 0 Å². The number of nitrogens with one attached hydrogen (secondary N) is 1. The van der Waals surface area contributed by atoms with E-state index in [1.165, 1.54) is 0 Å². The maximum absolute atomic E-state index is 13.8. The van der Waals surface area contributed by atoms with E-state index in [2.05, 4.69) is 17.5 Å². The third-order valence-electron chi connectivity index (χ3n) is 4.64. The lowest BCUT2D eigenvalue weighted by molar-refractivity contribution is 0.0692. The van der Waals surface area contributed by atoms with E-state index < -0.39 is 23.2 Å². The van der Waals surface area contributed by atoms with E-state index in [-0.39, 0.29) is 11.7 Å². The normalized spacial score (nSPS) is 27.9. The minimum absolute atomic E-state index is 0.00607. The van der Waals surface area contributed by atoms with Gasteiger partial charge in [-0.3, -0.25) is 0 Å². The van der Waals surface area contributed by atoms with Crippen molar-refractivity contribution in [2.45, 2.75) is 25.8 Å². The third-order valence-corrected chi connectivity index (χ3v) is 4.64. The van der Waals surface area contributed by atoms with Crippen LogP contribution < -0.4 is 5.32 Å². The second-order valence-corrected chi connectivity index (χ2v) is 5.99. The van der Waals surface area contributed by atoms with Gasteiger partial charge in [0.25, 0.3) is 0 Å². The topological polar surface area (TPSA) is 49.3 Å². The number of aromatic carboxylic acids is 1. The summed E-state index contributed by atoms with van der Waals surface area (Å²) in [5.41, 5.74) is -0.466. The molecule has 4 atom stereocenters. The maximum atomic E-state index is 13.8. The van der Waals surface area contributed by atoms with E-state index in [4.69, 9.17) is 5.11 Å². The molecule has 1 fully saturated rings. The predicted molar refractivity (Wildman–Crippen MR) is 75.2 cm³/mol. The molecular weight excluding hydrogens is 276 g/mol. The number of hydrogen-bond acceptors (Lipinski definition) is 2. The molecule has 0 aliphatic heterocycles. The van der Waals surface area contributed by atoms with Gasteiger partial charge >= 0.3 is 5.97 Å². The molecule has 3 nitrogen and oxygen atoms in total. The first kappa shape index (κ1) is 14.0. The molecule has 0 saturated heterocycles. The van der Waals surface area contributed by atoms with Crippen molar-refractivity contribution in [2.75, 3.05) is 5.32 Å². The van der Waals surface area contributed by atoms with Crippen LogP contribution in [0.4, 0.5) is 14.5 Å². The zero-order valence-electron chi connectivity index (χ0n) is 11.6. The number of benzene rings is 1. The molecule has 2 N–H and O–H groups in total. The van der Waals surface area contributed by atoms with Crippen LogP contribution in [0, 0.1) is 29.4 Å². The van der Waals surface area contributed by atoms with Crippen LogP contribution in [-0.2, 0) is 0 Å². The lowest BCUT2D eigenvalue weighted by Crippen LogP contribution is -2.29. The summed E-state index contributed by atoms with van der Waals surface area (Å²) >= 11 is 0. The number of hydrogen-bond donors (Lipinski definition) is 2. The van der Waals surface area contributed by atoms with Gasteiger partial charge in [0.1, 0.15) is 11.6 Å². The van der Waals surface area contributed by atoms with Crippen LogP contribution in [0.3, 0.4) is 0 Å². The van der Waals surface area contributed by atoms with E-state index in [0.29, 0.717) is 23.8 Å². The highest BCUT2D eigenvalue weighted by Crippen LogP contribution is 2.45. The number of carboxylic acid groups (broad SMARTS) is 1. The average Bonchev–Trinajstić information content (AvgIpc) is 3.03. The molecule has 112 valence electrons. The van der Waals surface area contributed by atoms with E-state index in [1.807, 2.05) is 6.92 Å². The summed E-state index contributed by atoms with van der Waals surface area (Å²) in [6.07, 6.45) is 6.64. The van der Waals surface area contributed by atoms with Crippen molar-refractivity contribution >= 4 is 11.7 Å². The third kappa shape index (κ3) is 2.52. The van der Waals surface area contributed by atoms with Gasteiger partial charge in [-0.25, -0.2) is 13.6 Å². The Morgan fingerprint density at radius 1 is 1.29 bits per heavy atom. The standard InChI is InChI=1S/C16H17F2NO2/c1-8(11-5-9-2-3-10(11)4-9)19-15-6-12(16(20)21)13(17)7-14(15)18/h2-3,6-11,19H,4-5H2,1H3,(H,20,21). The fourth-order valence-electron chi connectivity index (χ4n) is 3.57. The van der Waals surface area contributed by atoms with Gasteiger partial charge in [0.15, 0.2) is 0 Å². The number of carboxylic acids is 1. The zero-order valence-corrected chi connectivity index (χ0v) is 11.6. The Morgan fingerprint density at radius 3 is 2.62 bits per heavy atom. The minimum atomic E-state index is -1.40. The molecule has 0 amide bonds. The Hall–Kier alpha value is -1.91. The molecule has 0 aromatic heterocycles. The van der Waals surface area contributed by atoms with Crippen LogP contribution in [0.2, 0.25) is 0 Å². The van der Waals surface area contributed by atoms with Crippen LogP contribution in [0.25, 0.3) is 0 Å². The molecule has 2 bridgehead atoms. The van der Waals surface area contributed by atoms with Crippen molar-refractivity contribution in [3.63, 3.8) is 0 Å². The molecule has 1 saturated carbocycles. The first-order valence-electron chi connectivity index (χ1n) is 7.13. The number of carbonyl (C=O) groups is 1. The molecule has 2 aliphatic rings. The molecule has 1 aromatic rings. The molecule has 5 heteroatoms. The Balaban J connectivity index is 1.79. The van der Waals surface area contributed by atoms with E-state index in [0.717, 1.165) is 18.9 Å².